The van der Waals surface area contributed by atoms with Crippen LogP contribution in [0.3, 0.4) is 0 Å². The summed E-state index contributed by atoms with van der Waals surface area (Å²) < 4.78 is 0. The number of nitrogens with zero attached hydrogens (tertiary/aromatic N) is 6. The van der Waals surface area contributed by atoms with Crippen LogP contribution in [-0.2, 0) is 0 Å². The number of pyridine rings is 2. The van der Waals surface area contributed by atoms with Crippen LogP contribution in [0.1, 0.15) is 48.8 Å². The molecule has 0 atom stereocenters. The molecule has 0 bridgehead atoms. The Hall–Kier alpha value is -3.96. The van der Waals surface area contributed by atoms with E-state index in [4.69, 9.17) is 17.3 Å². The van der Waals surface area contributed by atoms with Crippen molar-refractivity contribution in [2.45, 2.75) is 34.1 Å². The first kappa shape index (κ1) is 28.6. The van der Waals surface area contributed by atoms with Crippen molar-refractivity contribution in [3.8, 4) is 0 Å². The van der Waals surface area contributed by atoms with Gasteiger partial charge in [0.05, 0.1) is 34.5 Å². The molecule has 0 aromatic carbocycles. The minimum absolute atomic E-state index is 0.0183. The molecule has 11 nitrogen and oxygen atoms in total. The minimum Gasteiger partial charge on any atom is -0.512 e. The number of aliphatic hydroxyl groups is 1. The van der Waals surface area contributed by atoms with E-state index in [0.717, 1.165) is 43.9 Å². The van der Waals surface area contributed by atoms with E-state index in [0.29, 0.717) is 17.1 Å². The Morgan fingerprint density at radius 3 is 2.55 bits per heavy atom. The van der Waals surface area contributed by atoms with Gasteiger partial charge in [0, 0.05) is 55.3 Å². The van der Waals surface area contributed by atoms with Crippen molar-refractivity contribution >= 4 is 28.8 Å². The predicted molar refractivity (Wildman–Crippen MR) is 152 cm³/mol. The molecule has 204 valence electrons. The van der Waals surface area contributed by atoms with Crippen LogP contribution in [0.5, 0.6) is 0 Å². The number of aromatic nitrogens is 2. The molecule has 0 unspecified atom stereocenters. The number of amides is 1. The Morgan fingerprint density at radius 1 is 1.11 bits per heavy atom. The maximum Gasteiger partial charge on any atom is 0.280 e. The molecule has 3 rings (SSSR count). The predicted octanol–water partition coefficient (Wildman–Crippen LogP) is 2.55. The average molecular weight is 522 g/mol. The second-order valence-corrected chi connectivity index (χ2v) is 10.5. The van der Waals surface area contributed by atoms with Gasteiger partial charge in [-0.15, -0.1) is 0 Å². The fourth-order valence-corrected chi connectivity index (χ4v) is 3.83. The van der Waals surface area contributed by atoms with Gasteiger partial charge < -0.3 is 26.4 Å². The Kier molecular flexibility index (Phi) is 9.08. The first-order valence-electron chi connectivity index (χ1n) is 12.5. The summed E-state index contributed by atoms with van der Waals surface area (Å²) in [5.41, 5.74) is 15.1. The van der Waals surface area contributed by atoms with E-state index in [1.165, 1.54) is 17.3 Å². The molecule has 1 amide bonds. The maximum absolute atomic E-state index is 12.7. The molecule has 0 saturated carbocycles. The maximum atomic E-state index is 12.7. The average Bonchev–Trinajstić information content (AvgIpc) is 3.07. The molecule has 0 radical (unpaired) electrons. The summed E-state index contributed by atoms with van der Waals surface area (Å²) in [5.74, 6) is 5.62. The molecule has 3 heterocycles. The van der Waals surface area contributed by atoms with Crippen molar-refractivity contribution in [1.82, 2.24) is 14.9 Å². The number of rotatable bonds is 6. The number of allylic oxidation sites excluding steroid dienone is 1. The molecule has 0 spiro atoms. The molecule has 1 aliphatic heterocycles. The number of likely N-dealkylation sites (N-methyl/N-ethyl adjacent to an activating group) is 1. The van der Waals surface area contributed by atoms with Crippen LogP contribution in [0.25, 0.3) is 5.70 Å². The number of aliphatic imine (C=N–C) groups is 1. The highest BCUT2D eigenvalue weighted by atomic mass is 16.3. The molecule has 11 heteroatoms. The van der Waals surface area contributed by atoms with Crippen LogP contribution >= 0.6 is 0 Å². The Labute approximate surface area is 224 Å². The van der Waals surface area contributed by atoms with E-state index in [1.54, 1.807) is 25.4 Å². The largest absolute Gasteiger partial charge is 0.512 e. The monoisotopic (exact) mass is 521 g/mol. The topological polar surface area (TPSA) is 163 Å². The normalized spacial score (nSPS) is 16.4. The van der Waals surface area contributed by atoms with Crippen LogP contribution in [-0.4, -0.2) is 64.9 Å². The van der Waals surface area contributed by atoms with Gasteiger partial charge in [0.1, 0.15) is 11.6 Å². The fourth-order valence-electron chi connectivity index (χ4n) is 3.83. The standard InChI is InChI=1S/C27H39N9O2/c1-18-23(12-20(15-32-18)26(38)33-25(29)13-24(37)27(2,3)4)36(30)17-22(28)19-11-21(16-31-14-19)35-8-6-7-34(5)9-10-35/h11-17,37H,6-10,28,30H2,1-5H3,(H2,29,33,38)/b22-17-,24-13-. The summed E-state index contributed by atoms with van der Waals surface area (Å²) >= 11 is 0. The van der Waals surface area contributed by atoms with Crippen molar-refractivity contribution in [2.24, 2.45) is 27.7 Å². The lowest BCUT2D eigenvalue weighted by molar-refractivity contribution is 0.100. The molecule has 2 aromatic rings. The zero-order valence-electron chi connectivity index (χ0n) is 22.8. The lowest BCUT2D eigenvalue weighted by Gasteiger charge is -2.23. The molecular weight excluding hydrogens is 482 g/mol. The van der Waals surface area contributed by atoms with Crippen molar-refractivity contribution in [1.29, 1.82) is 0 Å². The lowest BCUT2D eigenvalue weighted by Crippen LogP contribution is -2.29. The van der Waals surface area contributed by atoms with Gasteiger partial charge in [0.15, 0.2) is 0 Å². The van der Waals surface area contributed by atoms with Crippen LogP contribution < -0.4 is 27.2 Å². The molecule has 1 fully saturated rings. The van der Waals surface area contributed by atoms with Gasteiger partial charge in [-0.25, -0.2) is 5.84 Å². The Morgan fingerprint density at radius 2 is 1.84 bits per heavy atom. The van der Waals surface area contributed by atoms with Gasteiger partial charge in [0.2, 0.25) is 0 Å². The second-order valence-electron chi connectivity index (χ2n) is 10.5. The molecule has 7 N–H and O–H groups in total. The van der Waals surface area contributed by atoms with E-state index >= 15 is 0 Å². The number of aryl methyl sites for hydroxylation is 1. The van der Waals surface area contributed by atoms with E-state index < -0.39 is 11.3 Å². The summed E-state index contributed by atoms with van der Waals surface area (Å²) in [6, 6.07) is 3.57. The third-order valence-corrected chi connectivity index (χ3v) is 6.29. The first-order chi connectivity index (χ1) is 17.8. The number of amidine groups is 1. The number of aliphatic hydroxyl groups excluding tert-OH is 1. The van der Waals surface area contributed by atoms with Gasteiger partial charge in [-0.1, -0.05) is 20.8 Å². The lowest BCUT2D eigenvalue weighted by atomic mass is 9.93. The number of anilines is 2. The summed E-state index contributed by atoms with van der Waals surface area (Å²) in [5, 5.41) is 11.4. The summed E-state index contributed by atoms with van der Waals surface area (Å²) in [7, 11) is 2.13. The zero-order valence-corrected chi connectivity index (χ0v) is 22.8. The number of carbonyl (C=O) groups excluding carboxylic acids is 1. The first-order valence-corrected chi connectivity index (χ1v) is 12.5. The zero-order chi connectivity index (χ0) is 28.0. The fraction of sp³-hybridized carbons (Fsp3) is 0.407. The number of hydrogen-bond acceptors (Lipinski definition) is 9. The molecule has 1 saturated heterocycles. The van der Waals surface area contributed by atoms with Gasteiger partial charge in [-0.05, 0) is 39.1 Å². The van der Waals surface area contributed by atoms with E-state index in [-0.39, 0.29) is 17.2 Å². The number of carbonyl (C=O) groups is 1. The quantitative estimate of drug-likeness (QED) is 0.146. The van der Waals surface area contributed by atoms with Gasteiger partial charge in [-0.2, -0.15) is 4.99 Å². The van der Waals surface area contributed by atoms with Gasteiger partial charge in [-0.3, -0.25) is 19.8 Å². The number of nitrogens with two attached hydrogens (primary N) is 3. The van der Waals surface area contributed by atoms with Crippen LogP contribution in [0, 0.1) is 12.3 Å². The van der Waals surface area contributed by atoms with Crippen molar-refractivity contribution in [3.63, 3.8) is 0 Å². The van der Waals surface area contributed by atoms with Gasteiger partial charge in [0.25, 0.3) is 5.91 Å². The summed E-state index contributed by atoms with van der Waals surface area (Å²) in [6.07, 6.45) is 8.85. The van der Waals surface area contributed by atoms with E-state index in [1.807, 2.05) is 33.0 Å². The Bertz CT molecular complexity index is 1250. The number of hydrogen-bond donors (Lipinski definition) is 4. The van der Waals surface area contributed by atoms with Crippen LogP contribution in [0.4, 0.5) is 11.4 Å². The minimum atomic E-state index is -0.612. The van der Waals surface area contributed by atoms with Gasteiger partial charge >= 0.3 is 0 Å². The number of hydrazine groups is 1. The van der Waals surface area contributed by atoms with Crippen LogP contribution in [0.2, 0.25) is 0 Å². The van der Waals surface area contributed by atoms with E-state index in [9.17, 15) is 9.90 Å². The molecule has 38 heavy (non-hydrogen) atoms. The van der Waals surface area contributed by atoms with Crippen LogP contribution in [0.15, 0.2) is 53.8 Å². The van der Waals surface area contributed by atoms with E-state index in [2.05, 4.69) is 31.8 Å². The molecule has 2 aromatic heterocycles. The molecule has 0 aliphatic carbocycles. The third-order valence-electron chi connectivity index (χ3n) is 6.29. The third kappa shape index (κ3) is 7.53. The van der Waals surface area contributed by atoms with Crippen molar-refractivity contribution < 1.29 is 9.90 Å². The highest BCUT2D eigenvalue weighted by Gasteiger charge is 2.18. The highest BCUT2D eigenvalue weighted by molar-refractivity contribution is 6.06. The summed E-state index contributed by atoms with van der Waals surface area (Å²) in [6.45, 7) is 11.1. The van der Waals surface area contributed by atoms with Crippen molar-refractivity contribution in [3.05, 3.63) is 65.6 Å². The molecular formula is C27H39N9O2. The molecule has 1 aliphatic rings. The Balaban J connectivity index is 1.81. The highest BCUT2D eigenvalue weighted by Crippen LogP contribution is 2.24. The SMILES string of the molecule is Cc1ncc(C(=O)N=C(N)/C=C(\O)C(C)(C)C)cc1N(N)/C=C(\N)c1cncc(N2CCCN(C)CC2)c1. The van der Waals surface area contributed by atoms with Crippen molar-refractivity contribution in [2.75, 3.05) is 43.1 Å². The smallest absolute Gasteiger partial charge is 0.280 e. The summed E-state index contributed by atoms with van der Waals surface area (Å²) in [4.78, 5) is 29.9. The second kappa shape index (κ2) is 12.1.